The van der Waals surface area contributed by atoms with Crippen molar-refractivity contribution >= 4 is 21.7 Å². The van der Waals surface area contributed by atoms with Gasteiger partial charge in [-0.2, -0.15) is 0 Å². The number of amides is 1. The summed E-state index contributed by atoms with van der Waals surface area (Å²) in [6, 6.07) is 8.62. The molecule has 0 fully saturated rings. The third-order valence-corrected chi connectivity index (χ3v) is 6.08. The van der Waals surface area contributed by atoms with Crippen molar-refractivity contribution in [2.45, 2.75) is 37.9 Å². The summed E-state index contributed by atoms with van der Waals surface area (Å²) in [4.78, 5) is 23.7. The highest BCUT2D eigenvalue weighted by Crippen LogP contribution is 2.27. The van der Waals surface area contributed by atoms with E-state index < -0.39 is 38.1 Å². The van der Waals surface area contributed by atoms with Gasteiger partial charge in [0.05, 0.1) is 5.25 Å². The molecule has 1 atom stereocenters. The summed E-state index contributed by atoms with van der Waals surface area (Å²) in [5.41, 5.74) is -0.708. The van der Waals surface area contributed by atoms with Gasteiger partial charge in [0.1, 0.15) is 11.2 Å². The molecule has 0 heterocycles. The van der Waals surface area contributed by atoms with Crippen LogP contribution in [-0.4, -0.2) is 42.9 Å². The third kappa shape index (κ3) is 4.54. The van der Waals surface area contributed by atoms with Crippen LogP contribution in [0.4, 0.5) is 0 Å². The van der Waals surface area contributed by atoms with E-state index in [2.05, 4.69) is 5.32 Å². The molecule has 0 bridgehead atoms. The molecular formula is C16H23NO5S. The summed E-state index contributed by atoms with van der Waals surface area (Å²) in [7, 11) is -3.52. The first kappa shape index (κ1) is 19.2. The molecule has 7 heteroatoms. The first-order chi connectivity index (χ1) is 10.7. The molecule has 0 saturated heterocycles. The van der Waals surface area contributed by atoms with Crippen LogP contribution in [0.25, 0.3) is 0 Å². The molecule has 0 spiro atoms. The van der Waals surface area contributed by atoms with E-state index in [0.717, 1.165) is 0 Å². The minimum Gasteiger partial charge on any atom is -0.481 e. The zero-order valence-electron chi connectivity index (χ0n) is 13.6. The molecule has 1 aromatic carbocycles. The Morgan fingerprint density at radius 3 is 2.22 bits per heavy atom. The van der Waals surface area contributed by atoms with Crippen LogP contribution in [0.3, 0.4) is 0 Å². The van der Waals surface area contributed by atoms with E-state index in [1.165, 1.54) is 13.8 Å². The van der Waals surface area contributed by atoms with E-state index in [0.29, 0.717) is 5.56 Å². The lowest BCUT2D eigenvalue weighted by Gasteiger charge is -2.29. The topological polar surface area (TPSA) is 101 Å². The van der Waals surface area contributed by atoms with Gasteiger partial charge in [-0.3, -0.25) is 9.59 Å². The van der Waals surface area contributed by atoms with Gasteiger partial charge >= 0.3 is 5.97 Å². The SMILES string of the molecule is CCC(CNC(=O)CS(=O)(=O)C(C)C)(C(=O)O)c1ccccc1. The number of carboxylic acid groups (broad SMARTS) is 1. The Labute approximate surface area is 136 Å². The Morgan fingerprint density at radius 1 is 1.22 bits per heavy atom. The molecule has 0 radical (unpaired) electrons. The number of carboxylic acids is 1. The minimum absolute atomic E-state index is 0.157. The second kappa shape index (κ2) is 7.59. The normalized spacial score (nSPS) is 14.3. The lowest BCUT2D eigenvalue weighted by atomic mass is 9.78. The highest BCUT2D eigenvalue weighted by Gasteiger charge is 2.39. The fraction of sp³-hybridized carbons (Fsp3) is 0.500. The molecule has 1 unspecified atom stereocenters. The lowest BCUT2D eigenvalue weighted by molar-refractivity contribution is -0.144. The quantitative estimate of drug-likeness (QED) is 0.743. The van der Waals surface area contributed by atoms with Crippen molar-refractivity contribution in [3.8, 4) is 0 Å². The molecule has 0 aliphatic heterocycles. The molecular weight excluding hydrogens is 318 g/mol. The molecule has 23 heavy (non-hydrogen) atoms. The van der Waals surface area contributed by atoms with Gasteiger partial charge < -0.3 is 10.4 Å². The van der Waals surface area contributed by atoms with Crippen LogP contribution in [0.2, 0.25) is 0 Å². The number of benzene rings is 1. The van der Waals surface area contributed by atoms with Gasteiger partial charge in [0.15, 0.2) is 9.84 Å². The van der Waals surface area contributed by atoms with E-state index in [1.807, 2.05) is 0 Å². The monoisotopic (exact) mass is 341 g/mol. The van der Waals surface area contributed by atoms with Crippen LogP contribution in [0.5, 0.6) is 0 Å². The molecule has 1 rings (SSSR count). The van der Waals surface area contributed by atoms with E-state index in [1.54, 1.807) is 37.3 Å². The smallest absolute Gasteiger partial charge is 0.315 e. The van der Waals surface area contributed by atoms with Crippen molar-refractivity contribution in [1.82, 2.24) is 5.32 Å². The maximum absolute atomic E-state index is 11.9. The fourth-order valence-corrected chi connectivity index (χ4v) is 2.99. The zero-order chi connectivity index (χ0) is 17.7. The van der Waals surface area contributed by atoms with Crippen molar-refractivity contribution in [2.75, 3.05) is 12.3 Å². The van der Waals surface area contributed by atoms with Gasteiger partial charge in [-0.25, -0.2) is 8.42 Å². The highest BCUT2D eigenvalue weighted by molar-refractivity contribution is 7.92. The predicted molar refractivity (Wildman–Crippen MR) is 88.0 cm³/mol. The molecule has 0 saturated carbocycles. The van der Waals surface area contributed by atoms with E-state index in [-0.39, 0.29) is 13.0 Å². The van der Waals surface area contributed by atoms with Crippen molar-refractivity contribution in [2.24, 2.45) is 0 Å². The van der Waals surface area contributed by atoms with Gasteiger partial charge in [0.25, 0.3) is 0 Å². The van der Waals surface area contributed by atoms with Gasteiger partial charge in [-0.1, -0.05) is 37.3 Å². The highest BCUT2D eigenvalue weighted by atomic mass is 32.2. The summed E-state index contributed by atoms with van der Waals surface area (Å²) in [6.07, 6.45) is 0.267. The van der Waals surface area contributed by atoms with Crippen LogP contribution in [0.1, 0.15) is 32.8 Å². The lowest BCUT2D eigenvalue weighted by Crippen LogP contribution is -2.47. The standard InChI is InChI=1S/C16H23NO5S/c1-4-16(15(19)20,13-8-6-5-7-9-13)11-17-14(18)10-23(21,22)12(2)3/h5-9,12H,4,10-11H2,1-3H3,(H,17,18)(H,19,20). The zero-order valence-corrected chi connectivity index (χ0v) is 14.4. The third-order valence-electron chi connectivity index (χ3n) is 3.98. The molecule has 6 nitrogen and oxygen atoms in total. The van der Waals surface area contributed by atoms with Crippen LogP contribution in [-0.2, 0) is 24.8 Å². The fourth-order valence-electron chi connectivity index (χ4n) is 2.19. The summed E-state index contributed by atoms with van der Waals surface area (Å²) >= 11 is 0. The Morgan fingerprint density at radius 2 is 1.78 bits per heavy atom. The maximum Gasteiger partial charge on any atom is 0.315 e. The number of hydrogen-bond donors (Lipinski definition) is 2. The number of carbonyl (C=O) groups is 2. The Balaban J connectivity index is 2.93. The van der Waals surface area contributed by atoms with Crippen molar-refractivity contribution < 1.29 is 23.1 Å². The van der Waals surface area contributed by atoms with E-state index >= 15 is 0 Å². The number of hydrogen-bond acceptors (Lipinski definition) is 4. The average Bonchev–Trinajstić information content (AvgIpc) is 2.48. The van der Waals surface area contributed by atoms with Gasteiger partial charge in [0.2, 0.25) is 5.91 Å². The largest absolute Gasteiger partial charge is 0.481 e. The molecule has 1 aromatic rings. The Hall–Kier alpha value is -1.89. The first-order valence-corrected chi connectivity index (χ1v) is 9.14. The Kier molecular flexibility index (Phi) is 6.32. The second-order valence-corrected chi connectivity index (χ2v) is 8.30. The number of aliphatic carboxylic acids is 1. The van der Waals surface area contributed by atoms with Crippen LogP contribution < -0.4 is 5.32 Å². The van der Waals surface area contributed by atoms with Crippen molar-refractivity contribution in [3.05, 3.63) is 35.9 Å². The predicted octanol–water partition coefficient (Wildman–Crippen LogP) is 1.36. The number of rotatable bonds is 8. The molecule has 1 amide bonds. The van der Waals surface area contributed by atoms with E-state index in [9.17, 15) is 23.1 Å². The van der Waals surface area contributed by atoms with Crippen LogP contribution in [0.15, 0.2) is 30.3 Å². The molecule has 0 aromatic heterocycles. The molecule has 0 aliphatic rings. The first-order valence-electron chi connectivity index (χ1n) is 7.43. The molecule has 128 valence electrons. The summed E-state index contributed by atoms with van der Waals surface area (Å²) in [6.45, 7) is 4.56. The maximum atomic E-state index is 11.9. The van der Waals surface area contributed by atoms with Crippen molar-refractivity contribution in [3.63, 3.8) is 0 Å². The number of nitrogens with one attached hydrogen (secondary N) is 1. The summed E-state index contributed by atoms with van der Waals surface area (Å²) in [5.74, 6) is -2.38. The minimum atomic E-state index is -3.52. The second-order valence-electron chi connectivity index (χ2n) is 5.74. The van der Waals surface area contributed by atoms with Gasteiger partial charge in [-0.05, 0) is 25.8 Å². The Bertz CT molecular complexity index is 654. The van der Waals surface area contributed by atoms with Crippen molar-refractivity contribution in [1.29, 1.82) is 0 Å². The van der Waals surface area contributed by atoms with Crippen LogP contribution in [0, 0.1) is 0 Å². The van der Waals surface area contributed by atoms with E-state index in [4.69, 9.17) is 0 Å². The molecule has 2 N–H and O–H groups in total. The number of carbonyl (C=O) groups excluding carboxylic acids is 1. The average molecular weight is 341 g/mol. The van der Waals surface area contributed by atoms with Gasteiger partial charge in [-0.15, -0.1) is 0 Å². The van der Waals surface area contributed by atoms with Crippen LogP contribution >= 0.6 is 0 Å². The van der Waals surface area contributed by atoms with Gasteiger partial charge in [0, 0.05) is 6.54 Å². The molecule has 0 aliphatic carbocycles. The summed E-state index contributed by atoms with van der Waals surface area (Å²) in [5, 5.41) is 11.5. The number of sulfone groups is 1. The summed E-state index contributed by atoms with van der Waals surface area (Å²) < 4.78 is 23.5.